The number of likely N-dealkylation sites (tertiary alicyclic amines) is 1. The van der Waals surface area contributed by atoms with Crippen LogP contribution in [-0.4, -0.2) is 40.8 Å². The van der Waals surface area contributed by atoms with Crippen LogP contribution in [0.1, 0.15) is 12.8 Å². The summed E-state index contributed by atoms with van der Waals surface area (Å²) in [5.74, 6) is -0.683. The lowest BCUT2D eigenvalue weighted by Crippen LogP contribution is -2.48. The molecule has 0 aromatic heterocycles. The molecule has 1 atom stereocenters. The molecular weight excluding hydrogens is 213 g/mol. The SMILES string of the molecule is N#CCC(=O)N1CCC(O)(C(F)(F)F)C1. The number of alkyl halides is 3. The second-order valence-corrected chi connectivity index (χ2v) is 3.43. The summed E-state index contributed by atoms with van der Waals surface area (Å²) in [6.07, 6.45) is -5.74. The van der Waals surface area contributed by atoms with Crippen molar-refractivity contribution < 1.29 is 23.1 Å². The van der Waals surface area contributed by atoms with Crippen LogP contribution >= 0.6 is 0 Å². The maximum Gasteiger partial charge on any atom is 0.419 e. The number of amides is 1. The molecule has 0 aromatic rings. The van der Waals surface area contributed by atoms with Crippen molar-refractivity contribution in [1.82, 2.24) is 4.90 Å². The Bertz CT molecular complexity index is 310. The summed E-state index contributed by atoms with van der Waals surface area (Å²) in [7, 11) is 0. The molecule has 1 unspecified atom stereocenters. The van der Waals surface area contributed by atoms with Crippen molar-refractivity contribution in [2.45, 2.75) is 24.6 Å². The third-order valence-electron chi connectivity index (χ3n) is 2.36. The van der Waals surface area contributed by atoms with Crippen molar-refractivity contribution in [3.63, 3.8) is 0 Å². The summed E-state index contributed by atoms with van der Waals surface area (Å²) in [4.78, 5) is 11.9. The first-order chi connectivity index (χ1) is 6.80. The van der Waals surface area contributed by atoms with Crippen molar-refractivity contribution in [1.29, 1.82) is 5.26 Å². The number of aliphatic hydroxyl groups is 1. The molecule has 1 fully saturated rings. The zero-order valence-electron chi connectivity index (χ0n) is 7.71. The van der Waals surface area contributed by atoms with E-state index in [4.69, 9.17) is 5.26 Å². The Labute approximate surface area is 83.9 Å². The van der Waals surface area contributed by atoms with Gasteiger partial charge in [0.2, 0.25) is 5.91 Å². The minimum absolute atomic E-state index is 0.170. The summed E-state index contributed by atoms with van der Waals surface area (Å²) in [5, 5.41) is 17.4. The Balaban J connectivity index is 2.68. The maximum atomic E-state index is 12.3. The molecule has 0 spiro atoms. The minimum Gasteiger partial charge on any atom is -0.379 e. The van der Waals surface area contributed by atoms with E-state index < -0.39 is 37.1 Å². The number of halogens is 3. The van der Waals surface area contributed by atoms with Crippen LogP contribution < -0.4 is 0 Å². The molecular formula is C8H9F3N2O2. The second kappa shape index (κ2) is 3.70. The van der Waals surface area contributed by atoms with Crippen LogP contribution in [0.4, 0.5) is 13.2 Å². The van der Waals surface area contributed by atoms with E-state index in [0.717, 1.165) is 4.90 Å². The van der Waals surface area contributed by atoms with Gasteiger partial charge < -0.3 is 10.0 Å². The van der Waals surface area contributed by atoms with Crippen LogP contribution in [0.3, 0.4) is 0 Å². The van der Waals surface area contributed by atoms with Crippen molar-refractivity contribution in [3.8, 4) is 6.07 Å². The molecule has 0 aliphatic carbocycles. The topological polar surface area (TPSA) is 64.3 Å². The van der Waals surface area contributed by atoms with Gasteiger partial charge in [-0.15, -0.1) is 0 Å². The van der Waals surface area contributed by atoms with Gasteiger partial charge in [0, 0.05) is 13.0 Å². The quantitative estimate of drug-likeness (QED) is 0.699. The lowest BCUT2D eigenvalue weighted by Gasteiger charge is -2.25. The van der Waals surface area contributed by atoms with E-state index in [9.17, 15) is 23.1 Å². The van der Waals surface area contributed by atoms with E-state index in [0.29, 0.717) is 0 Å². The number of nitriles is 1. The third-order valence-corrected chi connectivity index (χ3v) is 2.36. The molecule has 0 radical (unpaired) electrons. The highest BCUT2D eigenvalue weighted by Crippen LogP contribution is 2.37. The van der Waals surface area contributed by atoms with Crippen molar-refractivity contribution in [2.24, 2.45) is 0 Å². The Morgan fingerprint density at radius 2 is 2.20 bits per heavy atom. The molecule has 4 nitrogen and oxygen atoms in total. The van der Waals surface area contributed by atoms with Gasteiger partial charge in [0.05, 0.1) is 12.6 Å². The minimum atomic E-state index is -4.74. The van der Waals surface area contributed by atoms with Crippen LogP contribution in [0.2, 0.25) is 0 Å². The van der Waals surface area contributed by atoms with Crippen molar-refractivity contribution >= 4 is 5.91 Å². The van der Waals surface area contributed by atoms with Gasteiger partial charge in [0.15, 0.2) is 5.60 Å². The number of carbonyl (C=O) groups excluding carboxylic acids is 1. The van der Waals surface area contributed by atoms with Crippen LogP contribution in [-0.2, 0) is 4.79 Å². The number of hydrogen-bond donors (Lipinski definition) is 1. The van der Waals surface area contributed by atoms with Crippen LogP contribution in [0.25, 0.3) is 0 Å². The molecule has 0 bridgehead atoms. The lowest BCUT2D eigenvalue weighted by molar-refractivity contribution is -0.253. The first-order valence-electron chi connectivity index (χ1n) is 4.24. The first kappa shape index (κ1) is 11.8. The molecule has 0 aromatic carbocycles. The van der Waals surface area contributed by atoms with E-state index in [1.54, 1.807) is 6.07 Å². The van der Waals surface area contributed by atoms with E-state index in [-0.39, 0.29) is 6.54 Å². The monoisotopic (exact) mass is 222 g/mol. The third kappa shape index (κ3) is 2.21. The molecule has 1 amide bonds. The van der Waals surface area contributed by atoms with Gasteiger partial charge in [-0.1, -0.05) is 0 Å². The lowest BCUT2D eigenvalue weighted by atomic mass is 10.0. The van der Waals surface area contributed by atoms with Gasteiger partial charge in [0.25, 0.3) is 0 Å². The second-order valence-electron chi connectivity index (χ2n) is 3.43. The standard InChI is InChI=1S/C8H9F3N2O2/c9-8(10,11)7(15)2-4-13(5-7)6(14)1-3-12/h15H,1-2,4-5H2. The van der Waals surface area contributed by atoms with Gasteiger partial charge in [-0.05, 0) is 0 Å². The fourth-order valence-electron chi connectivity index (χ4n) is 1.42. The fourth-order valence-corrected chi connectivity index (χ4v) is 1.42. The Hall–Kier alpha value is -1.29. The molecule has 1 aliphatic heterocycles. The average Bonchev–Trinajstić information content (AvgIpc) is 2.48. The fraction of sp³-hybridized carbons (Fsp3) is 0.750. The van der Waals surface area contributed by atoms with Gasteiger partial charge in [-0.2, -0.15) is 18.4 Å². The maximum absolute atomic E-state index is 12.3. The Morgan fingerprint density at radius 3 is 2.60 bits per heavy atom. The highest BCUT2D eigenvalue weighted by atomic mass is 19.4. The number of rotatable bonds is 1. The van der Waals surface area contributed by atoms with Crippen molar-refractivity contribution in [3.05, 3.63) is 0 Å². The van der Waals surface area contributed by atoms with Gasteiger partial charge in [-0.25, -0.2) is 0 Å². The molecule has 84 valence electrons. The number of hydrogen-bond acceptors (Lipinski definition) is 3. The van der Waals surface area contributed by atoms with Gasteiger partial charge >= 0.3 is 6.18 Å². The summed E-state index contributed by atoms with van der Waals surface area (Å²) in [6, 6.07) is 1.56. The molecule has 1 heterocycles. The van der Waals surface area contributed by atoms with Crippen molar-refractivity contribution in [2.75, 3.05) is 13.1 Å². The van der Waals surface area contributed by atoms with Gasteiger partial charge in [-0.3, -0.25) is 4.79 Å². The molecule has 1 rings (SSSR count). The molecule has 1 saturated heterocycles. The number of carbonyl (C=O) groups is 1. The Morgan fingerprint density at radius 1 is 1.60 bits per heavy atom. The predicted molar refractivity (Wildman–Crippen MR) is 42.4 cm³/mol. The smallest absolute Gasteiger partial charge is 0.379 e. The molecule has 15 heavy (non-hydrogen) atoms. The predicted octanol–water partition coefficient (Wildman–Crippen LogP) is 0.426. The van der Waals surface area contributed by atoms with E-state index >= 15 is 0 Å². The highest BCUT2D eigenvalue weighted by molar-refractivity contribution is 5.78. The molecule has 1 N–H and O–H groups in total. The van der Waals surface area contributed by atoms with E-state index in [1.165, 1.54) is 0 Å². The van der Waals surface area contributed by atoms with Gasteiger partial charge in [0.1, 0.15) is 6.42 Å². The zero-order chi connectivity index (χ0) is 11.7. The van der Waals surface area contributed by atoms with Crippen LogP contribution in [0.5, 0.6) is 0 Å². The first-order valence-corrected chi connectivity index (χ1v) is 4.24. The number of nitrogens with zero attached hydrogens (tertiary/aromatic N) is 2. The molecule has 0 saturated carbocycles. The summed E-state index contributed by atoms with van der Waals surface area (Å²) < 4.78 is 36.9. The normalized spacial score (nSPS) is 26.5. The Kier molecular flexibility index (Phi) is 2.90. The summed E-state index contributed by atoms with van der Waals surface area (Å²) in [5.41, 5.74) is -2.82. The van der Waals surface area contributed by atoms with E-state index in [2.05, 4.69) is 0 Å². The summed E-state index contributed by atoms with van der Waals surface area (Å²) in [6.45, 7) is -0.951. The molecule has 7 heteroatoms. The largest absolute Gasteiger partial charge is 0.419 e. The highest BCUT2D eigenvalue weighted by Gasteiger charge is 2.57. The zero-order valence-corrected chi connectivity index (χ0v) is 7.71. The molecule has 1 aliphatic rings. The van der Waals surface area contributed by atoms with E-state index in [1.807, 2.05) is 0 Å². The average molecular weight is 222 g/mol. The summed E-state index contributed by atoms with van der Waals surface area (Å²) >= 11 is 0. The van der Waals surface area contributed by atoms with Crippen LogP contribution in [0.15, 0.2) is 0 Å². The number of β-amino-alcohol motifs (C(OH)–C–C–N with tert-alkyl or cyclic N) is 1. The van der Waals surface area contributed by atoms with Crippen LogP contribution in [0, 0.1) is 11.3 Å².